The van der Waals surface area contributed by atoms with Crippen molar-refractivity contribution in [1.82, 2.24) is 0 Å². The molecule has 0 bridgehead atoms. The summed E-state index contributed by atoms with van der Waals surface area (Å²) in [5.74, 6) is 0.0867. The van der Waals surface area contributed by atoms with Gasteiger partial charge in [0, 0.05) is 0 Å². The van der Waals surface area contributed by atoms with Crippen LogP contribution in [0, 0.1) is 0 Å². The third-order valence-corrected chi connectivity index (χ3v) is 2.04. The predicted octanol–water partition coefficient (Wildman–Crippen LogP) is 2.55. The Hall–Kier alpha value is -1.31. The van der Waals surface area contributed by atoms with Crippen molar-refractivity contribution in [2.75, 3.05) is 0 Å². The highest BCUT2D eigenvalue weighted by Crippen LogP contribution is 2.18. The van der Waals surface area contributed by atoms with Gasteiger partial charge >= 0.3 is 0 Å². The molecule has 1 rings (SSSR count). The van der Waals surface area contributed by atoms with Crippen LogP contribution in [-0.4, -0.2) is 11.4 Å². The van der Waals surface area contributed by atoms with Crippen LogP contribution in [0.3, 0.4) is 0 Å². The molecule has 0 aliphatic heterocycles. The zero-order valence-electron chi connectivity index (χ0n) is 7.79. The molecule has 1 aromatic carbocycles. The van der Waals surface area contributed by atoms with Crippen molar-refractivity contribution in [3.8, 4) is 5.75 Å². The van der Waals surface area contributed by atoms with Crippen molar-refractivity contribution < 1.29 is 9.90 Å². The Morgan fingerprint density at radius 3 is 2.77 bits per heavy atom. The summed E-state index contributed by atoms with van der Waals surface area (Å²) in [5, 5.41) is 9.36. The van der Waals surface area contributed by atoms with Crippen LogP contribution < -0.4 is 0 Å². The third-order valence-electron chi connectivity index (χ3n) is 2.04. The van der Waals surface area contributed by atoms with E-state index in [1.165, 1.54) is 0 Å². The minimum Gasteiger partial charge on any atom is -0.507 e. The predicted molar refractivity (Wildman–Crippen MR) is 52.1 cm³/mol. The minimum atomic E-state index is 0.0867. The number of phenolic OH excluding ortho intramolecular Hbond substituents is 1. The van der Waals surface area contributed by atoms with Gasteiger partial charge in [-0.05, 0) is 30.5 Å². The molecule has 0 saturated carbocycles. The van der Waals surface area contributed by atoms with E-state index in [0.29, 0.717) is 11.8 Å². The van der Waals surface area contributed by atoms with Crippen molar-refractivity contribution in [3.63, 3.8) is 0 Å². The van der Waals surface area contributed by atoms with Crippen molar-refractivity contribution in [2.45, 2.75) is 26.2 Å². The van der Waals surface area contributed by atoms with Gasteiger partial charge < -0.3 is 5.11 Å². The lowest BCUT2D eigenvalue weighted by Crippen LogP contribution is -1.87. The number of carbonyl (C=O) groups excluding carboxylic acids is 1. The van der Waals surface area contributed by atoms with E-state index in [0.717, 1.165) is 24.8 Å². The van der Waals surface area contributed by atoms with E-state index >= 15 is 0 Å². The number of aldehydes is 1. The SMILES string of the molecule is CCCCc1ccc(C=O)c(O)c1. The highest BCUT2D eigenvalue weighted by atomic mass is 16.3. The van der Waals surface area contributed by atoms with Crippen molar-refractivity contribution >= 4 is 6.29 Å². The number of rotatable bonds is 4. The number of hydrogen-bond acceptors (Lipinski definition) is 2. The van der Waals surface area contributed by atoms with Gasteiger partial charge in [0.25, 0.3) is 0 Å². The monoisotopic (exact) mass is 178 g/mol. The highest BCUT2D eigenvalue weighted by molar-refractivity contribution is 5.79. The maximum Gasteiger partial charge on any atom is 0.153 e. The van der Waals surface area contributed by atoms with Crippen molar-refractivity contribution in [1.29, 1.82) is 0 Å². The molecule has 0 aliphatic rings. The molecule has 13 heavy (non-hydrogen) atoms. The fourth-order valence-electron chi connectivity index (χ4n) is 1.23. The van der Waals surface area contributed by atoms with E-state index in [1.807, 2.05) is 6.07 Å². The lowest BCUT2D eigenvalue weighted by atomic mass is 10.1. The summed E-state index contributed by atoms with van der Waals surface area (Å²) >= 11 is 0. The lowest BCUT2D eigenvalue weighted by molar-refractivity contribution is 0.112. The van der Waals surface area contributed by atoms with E-state index in [4.69, 9.17) is 0 Å². The second-order valence-electron chi connectivity index (χ2n) is 3.11. The number of hydrogen-bond donors (Lipinski definition) is 1. The Morgan fingerprint density at radius 1 is 1.46 bits per heavy atom. The molecule has 0 aliphatic carbocycles. The van der Waals surface area contributed by atoms with Crippen LogP contribution in [0.4, 0.5) is 0 Å². The standard InChI is InChI=1S/C11H14O2/c1-2-3-4-9-5-6-10(8-12)11(13)7-9/h5-8,13H,2-4H2,1H3. The van der Waals surface area contributed by atoms with Crippen LogP contribution in [-0.2, 0) is 6.42 Å². The minimum absolute atomic E-state index is 0.0867. The number of carbonyl (C=O) groups is 1. The second kappa shape index (κ2) is 4.65. The van der Waals surface area contributed by atoms with Gasteiger partial charge in [0.2, 0.25) is 0 Å². The third kappa shape index (κ3) is 2.58. The van der Waals surface area contributed by atoms with E-state index in [-0.39, 0.29) is 5.75 Å². The molecule has 0 radical (unpaired) electrons. The summed E-state index contributed by atoms with van der Waals surface area (Å²) in [6.07, 6.45) is 3.87. The van der Waals surface area contributed by atoms with E-state index < -0.39 is 0 Å². The Kier molecular flexibility index (Phi) is 3.50. The Labute approximate surface area is 78.2 Å². The molecule has 0 aromatic heterocycles. The van der Waals surface area contributed by atoms with Gasteiger partial charge in [0.15, 0.2) is 6.29 Å². The first kappa shape index (κ1) is 9.78. The summed E-state index contributed by atoms with van der Waals surface area (Å²) in [6.45, 7) is 2.12. The molecule has 0 heterocycles. The number of benzene rings is 1. The second-order valence-corrected chi connectivity index (χ2v) is 3.11. The van der Waals surface area contributed by atoms with Crippen LogP contribution in [0.15, 0.2) is 18.2 Å². The van der Waals surface area contributed by atoms with E-state index in [1.54, 1.807) is 12.1 Å². The van der Waals surface area contributed by atoms with E-state index in [2.05, 4.69) is 6.92 Å². The molecule has 0 unspecified atom stereocenters. The number of aromatic hydroxyl groups is 1. The summed E-state index contributed by atoms with van der Waals surface area (Å²) in [4.78, 5) is 10.4. The normalized spacial score (nSPS) is 9.92. The first-order valence-electron chi connectivity index (χ1n) is 4.55. The van der Waals surface area contributed by atoms with Crippen LogP contribution in [0.2, 0.25) is 0 Å². The molecular formula is C11H14O2. The fraction of sp³-hybridized carbons (Fsp3) is 0.364. The molecule has 1 aromatic rings. The summed E-state index contributed by atoms with van der Waals surface area (Å²) in [5.41, 5.74) is 1.45. The van der Waals surface area contributed by atoms with Crippen molar-refractivity contribution in [3.05, 3.63) is 29.3 Å². The van der Waals surface area contributed by atoms with Crippen molar-refractivity contribution in [2.24, 2.45) is 0 Å². The largest absolute Gasteiger partial charge is 0.507 e. The lowest BCUT2D eigenvalue weighted by Gasteiger charge is -2.02. The zero-order chi connectivity index (χ0) is 9.68. The first-order valence-corrected chi connectivity index (χ1v) is 4.55. The molecule has 2 heteroatoms. The molecule has 0 amide bonds. The van der Waals surface area contributed by atoms with E-state index in [9.17, 15) is 9.90 Å². The van der Waals surface area contributed by atoms with Gasteiger partial charge in [0.1, 0.15) is 5.75 Å². The summed E-state index contributed by atoms with van der Waals surface area (Å²) < 4.78 is 0. The quantitative estimate of drug-likeness (QED) is 0.719. The van der Waals surface area contributed by atoms with Crippen LogP contribution >= 0.6 is 0 Å². The molecule has 0 fully saturated rings. The Balaban J connectivity index is 2.77. The first-order chi connectivity index (χ1) is 6.27. The van der Waals surface area contributed by atoms with Crippen LogP contribution in [0.25, 0.3) is 0 Å². The van der Waals surface area contributed by atoms with Crippen LogP contribution in [0.5, 0.6) is 5.75 Å². The fourth-order valence-corrected chi connectivity index (χ4v) is 1.23. The summed E-state index contributed by atoms with van der Waals surface area (Å²) in [6, 6.07) is 5.21. The molecule has 0 atom stereocenters. The van der Waals surface area contributed by atoms with Gasteiger partial charge in [-0.1, -0.05) is 19.4 Å². The molecule has 1 N–H and O–H groups in total. The van der Waals surface area contributed by atoms with Gasteiger partial charge in [-0.25, -0.2) is 0 Å². The summed E-state index contributed by atoms with van der Waals surface area (Å²) in [7, 11) is 0. The number of phenols is 1. The molecular weight excluding hydrogens is 164 g/mol. The van der Waals surface area contributed by atoms with Gasteiger partial charge in [-0.3, -0.25) is 4.79 Å². The molecule has 0 spiro atoms. The maximum absolute atomic E-state index is 10.4. The topological polar surface area (TPSA) is 37.3 Å². The maximum atomic E-state index is 10.4. The Morgan fingerprint density at radius 2 is 2.23 bits per heavy atom. The zero-order valence-corrected chi connectivity index (χ0v) is 7.79. The average Bonchev–Trinajstić information content (AvgIpc) is 2.15. The molecule has 2 nitrogen and oxygen atoms in total. The molecule has 0 saturated heterocycles. The van der Waals surface area contributed by atoms with Gasteiger partial charge in [-0.2, -0.15) is 0 Å². The van der Waals surface area contributed by atoms with Gasteiger partial charge in [0.05, 0.1) is 5.56 Å². The average molecular weight is 178 g/mol. The Bertz CT molecular complexity index is 292. The smallest absolute Gasteiger partial charge is 0.153 e. The van der Waals surface area contributed by atoms with Gasteiger partial charge in [-0.15, -0.1) is 0 Å². The highest BCUT2D eigenvalue weighted by Gasteiger charge is 2.00. The van der Waals surface area contributed by atoms with Crippen LogP contribution in [0.1, 0.15) is 35.7 Å². The number of unbranched alkanes of at least 4 members (excludes halogenated alkanes) is 1. The number of aryl methyl sites for hydroxylation is 1. The molecule has 70 valence electrons.